The fourth-order valence-electron chi connectivity index (χ4n) is 1.25. The Morgan fingerprint density at radius 3 is 2.27 bits per heavy atom. The van der Waals surface area contributed by atoms with Crippen LogP contribution in [0.25, 0.3) is 0 Å². The fourth-order valence-corrected chi connectivity index (χ4v) is 1.91. The van der Waals surface area contributed by atoms with Crippen LogP contribution in [0.15, 0.2) is 30.3 Å². The van der Waals surface area contributed by atoms with Gasteiger partial charge in [-0.3, -0.25) is 4.55 Å². The molecule has 86 valence electrons. The summed E-state index contributed by atoms with van der Waals surface area (Å²) in [5.41, 5.74) is 6.51. The van der Waals surface area contributed by atoms with Crippen molar-refractivity contribution < 1.29 is 13.0 Å². The molecular formula is C9H14ClNO3S. The maximum Gasteiger partial charge on any atom is 0.266 e. The smallest absolute Gasteiger partial charge is 0.266 e. The first kappa shape index (κ1) is 14.4. The maximum atomic E-state index is 10.5. The van der Waals surface area contributed by atoms with E-state index >= 15 is 0 Å². The second-order valence-corrected chi connectivity index (χ2v) is 4.70. The second-order valence-electron chi connectivity index (χ2n) is 3.20. The molecule has 0 aliphatic rings. The van der Waals surface area contributed by atoms with E-state index in [1.807, 2.05) is 30.3 Å². The van der Waals surface area contributed by atoms with E-state index < -0.39 is 21.9 Å². The van der Waals surface area contributed by atoms with Gasteiger partial charge in [-0.25, -0.2) is 0 Å². The molecule has 0 fully saturated rings. The third-order valence-corrected chi connectivity index (χ3v) is 2.61. The maximum absolute atomic E-state index is 10.5. The number of hydrogen-bond acceptors (Lipinski definition) is 3. The van der Waals surface area contributed by atoms with Crippen molar-refractivity contribution in [3.8, 4) is 0 Å². The molecule has 1 atom stereocenters. The predicted octanol–water partition coefficient (Wildman–Crippen LogP) is 0.866. The average molecular weight is 252 g/mol. The highest BCUT2D eigenvalue weighted by Gasteiger charge is 2.12. The molecule has 1 aromatic carbocycles. The van der Waals surface area contributed by atoms with Crippen molar-refractivity contribution >= 4 is 22.5 Å². The van der Waals surface area contributed by atoms with E-state index in [1.165, 1.54) is 0 Å². The van der Waals surface area contributed by atoms with Crippen molar-refractivity contribution in [3.63, 3.8) is 0 Å². The molecule has 0 amide bonds. The van der Waals surface area contributed by atoms with Gasteiger partial charge in [0.15, 0.2) is 0 Å². The topological polar surface area (TPSA) is 80.4 Å². The van der Waals surface area contributed by atoms with Gasteiger partial charge in [0, 0.05) is 6.04 Å². The first-order valence-corrected chi connectivity index (χ1v) is 5.83. The van der Waals surface area contributed by atoms with Gasteiger partial charge in [0.25, 0.3) is 10.1 Å². The summed E-state index contributed by atoms with van der Waals surface area (Å²) >= 11 is 0. The van der Waals surface area contributed by atoms with Gasteiger partial charge < -0.3 is 5.73 Å². The quantitative estimate of drug-likeness (QED) is 0.778. The van der Waals surface area contributed by atoms with Crippen LogP contribution < -0.4 is 5.73 Å². The van der Waals surface area contributed by atoms with Crippen molar-refractivity contribution in [1.82, 2.24) is 0 Å². The molecule has 6 heteroatoms. The van der Waals surface area contributed by atoms with E-state index in [2.05, 4.69) is 0 Å². The number of benzene rings is 1. The molecule has 0 aromatic heterocycles. The summed E-state index contributed by atoms with van der Waals surface area (Å²) in [6, 6.07) is 8.75. The molecule has 0 bridgehead atoms. The Hall–Kier alpha value is -0.620. The lowest BCUT2D eigenvalue weighted by Gasteiger charge is -2.08. The Kier molecular flexibility index (Phi) is 5.82. The molecule has 0 unspecified atom stereocenters. The number of nitrogens with two attached hydrogens (primary N) is 1. The van der Waals surface area contributed by atoms with Crippen LogP contribution in [-0.2, 0) is 16.5 Å². The molecular weight excluding hydrogens is 238 g/mol. The molecule has 1 aromatic rings. The van der Waals surface area contributed by atoms with Crippen LogP contribution in [0.1, 0.15) is 5.56 Å². The van der Waals surface area contributed by atoms with E-state index in [0.29, 0.717) is 6.42 Å². The summed E-state index contributed by atoms with van der Waals surface area (Å²) in [6.45, 7) is 0. The normalized spacial score (nSPS) is 12.9. The highest BCUT2D eigenvalue weighted by atomic mass is 35.5. The van der Waals surface area contributed by atoms with E-state index in [1.54, 1.807) is 0 Å². The van der Waals surface area contributed by atoms with Crippen LogP contribution in [0.2, 0.25) is 0 Å². The highest BCUT2D eigenvalue weighted by Crippen LogP contribution is 2.02. The molecule has 4 nitrogen and oxygen atoms in total. The van der Waals surface area contributed by atoms with Crippen molar-refractivity contribution in [3.05, 3.63) is 35.9 Å². The molecule has 0 radical (unpaired) electrons. The Bertz CT molecular complexity index is 380. The SMILES string of the molecule is Cl.N[C@@H](Cc1ccccc1)CS(=O)(=O)O. The number of halogens is 1. The van der Waals surface area contributed by atoms with Crippen LogP contribution in [-0.4, -0.2) is 24.8 Å². The highest BCUT2D eigenvalue weighted by molar-refractivity contribution is 7.85. The summed E-state index contributed by atoms with van der Waals surface area (Å²) in [6.07, 6.45) is 0.445. The summed E-state index contributed by atoms with van der Waals surface area (Å²) in [7, 11) is -3.97. The zero-order valence-corrected chi connectivity index (χ0v) is 9.67. The molecule has 1 rings (SSSR count). The van der Waals surface area contributed by atoms with Gasteiger partial charge >= 0.3 is 0 Å². The monoisotopic (exact) mass is 251 g/mol. The minimum Gasteiger partial charge on any atom is -0.326 e. The minimum absolute atomic E-state index is 0. The summed E-state index contributed by atoms with van der Waals surface area (Å²) in [5, 5.41) is 0. The van der Waals surface area contributed by atoms with Gasteiger partial charge in [-0.2, -0.15) is 8.42 Å². The van der Waals surface area contributed by atoms with E-state index in [9.17, 15) is 8.42 Å². The van der Waals surface area contributed by atoms with Crippen LogP contribution >= 0.6 is 12.4 Å². The van der Waals surface area contributed by atoms with Gasteiger partial charge in [0.2, 0.25) is 0 Å². The van der Waals surface area contributed by atoms with Gasteiger partial charge in [0.05, 0.1) is 5.75 Å². The van der Waals surface area contributed by atoms with E-state index in [-0.39, 0.29) is 12.4 Å². The Morgan fingerprint density at radius 2 is 1.80 bits per heavy atom. The number of hydrogen-bond donors (Lipinski definition) is 2. The minimum atomic E-state index is -3.97. The lowest BCUT2D eigenvalue weighted by atomic mass is 10.1. The van der Waals surface area contributed by atoms with E-state index in [0.717, 1.165) is 5.56 Å². The first-order valence-electron chi connectivity index (χ1n) is 4.22. The van der Waals surface area contributed by atoms with Crippen LogP contribution in [0.5, 0.6) is 0 Å². The summed E-state index contributed by atoms with van der Waals surface area (Å²) < 4.78 is 29.6. The summed E-state index contributed by atoms with van der Waals surface area (Å²) in [4.78, 5) is 0. The molecule has 0 heterocycles. The van der Waals surface area contributed by atoms with Crippen molar-refractivity contribution in [1.29, 1.82) is 0 Å². The van der Waals surface area contributed by atoms with Gasteiger partial charge in [-0.05, 0) is 12.0 Å². The zero-order valence-electron chi connectivity index (χ0n) is 8.04. The third kappa shape index (κ3) is 6.46. The molecule has 0 saturated carbocycles. The molecule has 0 aliphatic heterocycles. The Labute approximate surface area is 95.6 Å². The van der Waals surface area contributed by atoms with Crippen molar-refractivity contribution in [2.24, 2.45) is 5.73 Å². The Balaban J connectivity index is 0.00000196. The average Bonchev–Trinajstić information content (AvgIpc) is 2.02. The van der Waals surface area contributed by atoms with E-state index in [4.69, 9.17) is 10.3 Å². The van der Waals surface area contributed by atoms with Crippen LogP contribution in [0, 0.1) is 0 Å². The predicted molar refractivity (Wildman–Crippen MR) is 61.8 cm³/mol. The standard InChI is InChI=1S/C9H13NO3S.ClH/c10-9(7-14(11,12)13)6-8-4-2-1-3-5-8;/h1-5,9H,6-7,10H2,(H,11,12,13);1H/t9-;/m0./s1. The molecule has 0 spiro atoms. The van der Waals surface area contributed by atoms with Crippen molar-refractivity contribution in [2.75, 3.05) is 5.75 Å². The largest absolute Gasteiger partial charge is 0.326 e. The molecule has 15 heavy (non-hydrogen) atoms. The van der Waals surface area contributed by atoms with Crippen LogP contribution in [0.3, 0.4) is 0 Å². The van der Waals surface area contributed by atoms with Gasteiger partial charge in [-0.15, -0.1) is 12.4 Å². The Morgan fingerprint density at radius 1 is 1.27 bits per heavy atom. The molecule has 0 saturated heterocycles. The summed E-state index contributed by atoms with van der Waals surface area (Å²) in [5.74, 6) is -0.401. The second kappa shape index (κ2) is 6.07. The first-order chi connectivity index (χ1) is 6.47. The lowest BCUT2D eigenvalue weighted by molar-refractivity contribution is 0.476. The zero-order chi connectivity index (χ0) is 10.6. The third-order valence-electron chi connectivity index (χ3n) is 1.77. The molecule has 0 aliphatic carbocycles. The van der Waals surface area contributed by atoms with Gasteiger partial charge in [0.1, 0.15) is 0 Å². The van der Waals surface area contributed by atoms with Crippen molar-refractivity contribution in [2.45, 2.75) is 12.5 Å². The van der Waals surface area contributed by atoms with Gasteiger partial charge in [-0.1, -0.05) is 30.3 Å². The lowest BCUT2D eigenvalue weighted by Crippen LogP contribution is -2.31. The molecule has 3 N–H and O–H groups in total. The number of rotatable bonds is 4. The van der Waals surface area contributed by atoms with Crippen LogP contribution in [0.4, 0.5) is 0 Å². The fraction of sp³-hybridized carbons (Fsp3) is 0.333.